The van der Waals surface area contributed by atoms with E-state index in [9.17, 15) is 9.90 Å². The van der Waals surface area contributed by atoms with E-state index in [1.165, 1.54) is 12.1 Å². The number of benzene rings is 3. The van der Waals surface area contributed by atoms with Gasteiger partial charge < -0.3 is 26.4 Å². The summed E-state index contributed by atoms with van der Waals surface area (Å²) in [4.78, 5) is 11.5. The van der Waals surface area contributed by atoms with E-state index in [1.807, 2.05) is 60.7 Å². The Kier molecular flexibility index (Phi) is 6.72. The molecule has 0 saturated heterocycles. The molecule has 29 heavy (non-hydrogen) atoms. The maximum Gasteiger partial charge on any atom is 0.335 e. The lowest BCUT2D eigenvalue weighted by Gasteiger charge is -2.15. The third kappa shape index (κ3) is 6.27. The molecule has 0 unspecified atom stereocenters. The normalized spacial score (nSPS) is 9.93. The van der Waals surface area contributed by atoms with Gasteiger partial charge in [0.15, 0.2) is 10.2 Å². The number of rotatable bonds is 5. The summed E-state index contributed by atoms with van der Waals surface area (Å²) in [7, 11) is 0. The van der Waals surface area contributed by atoms with Crippen molar-refractivity contribution in [2.45, 2.75) is 0 Å². The van der Waals surface area contributed by atoms with Crippen molar-refractivity contribution in [1.82, 2.24) is 0 Å². The van der Waals surface area contributed by atoms with Crippen molar-refractivity contribution in [3.63, 3.8) is 0 Å². The molecule has 3 aromatic rings. The van der Waals surface area contributed by atoms with Gasteiger partial charge in [-0.15, -0.1) is 0 Å². The fourth-order valence-corrected chi connectivity index (χ4v) is 3.00. The SMILES string of the molecule is O=C(O)c1cc(NC(=S)Nc2ccccc2)cc(NC(=S)Nc2ccccc2)c1. The summed E-state index contributed by atoms with van der Waals surface area (Å²) >= 11 is 10.6. The van der Waals surface area contributed by atoms with Crippen molar-refractivity contribution in [1.29, 1.82) is 0 Å². The van der Waals surface area contributed by atoms with Crippen molar-refractivity contribution >= 4 is 63.4 Å². The molecule has 3 aromatic carbocycles. The highest BCUT2D eigenvalue weighted by molar-refractivity contribution is 7.81. The minimum atomic E-state index is -1.06. The van der Waals surface area contributed by atoms with Crippen LogP contribution in [-0.4, -0.2) is 21.3 Å². The van der Waals surface area contributed by atoms with E-state index in [1.54, 1.807) is 6.07 Å². The van der Waals surface area contributed by atoms with Gasteiger partial charge in [-0.1, -0.05) is 36.4 Å². The van der Waals surface area contributed by atoms with Gasteiger partial charge in [0.25, 0.3) is 0 Å². The van der Waals surface area contributed by atoms with E-state index in [2.05, 4.69) is 21.3 Å². The largest absolute Gasteiger partial charge is 0.478 e. The van der Waals surface area contributed by atoms with Gasteiger partial charge in [0.2, 0.25) is 0 Å². The first-order valence-corrected chi connectivity index (χ1v) is 9.46. The molecule has 0 fully saturated rings. The number of carbonyl (C=O) groups is 1. The molecule has 0 amide bonds. The van der Waals surface area contributed by atoms with Crippen LogP contribution in [0.15, 0.2) is 78.9 Å². The summed E-state index contributed by atoms with van der Waals surface area (Å²) in [6.07, 6.45) is 0. The third-order valence-corrected chi connectivity index (χ3v) is 4.17. The fraction of sp³-hybridized carbons (Fsp3) is 0. The molecule has 0 aromatic heterocycles. The lowest BCUT2D eigenvalue weighted by atomic mass is 10.1. The third-order valence-electron chi connectivity index (χ3n) is 3.76. The second-order valence-electron chi connectivity index (χ2n) is 5.99. The van der Waals surface area contributed by atoms with Crippen LogP contribution in [0.5, 0.6) is 0 Å². The Balaban J connectivity index is 1.72. The number of aromatic carboxylic acids is 1. The molecule has 0 aliphatic rings. The smallest absolute Gasteiger partial charge is 0.335 e. The maximum absolute atomic E-state index is 11.5. The molecule has 6 nitrogen and oxygen atoms in total. The average Bonchev–Trinajstić information content (AvgIpc) is 2.69. The summed E-state index contributed by atoms with van der Waals surface area (Å²) in [6.45, 7) is 0. The highest BCUT2D eigenvalue weighted by Crippen LogP contribution is 2.20. The number of hydrogen-bond donors (Lipinski definition) is 5. The molecular weight excluding hydrogens is 404 g/mol. The van der Waals surface area contributed by atoms with Crippen LogP contribution >= 0.6 is 24.4 Å². The van der Waals surface area contributed by atoms with Gasteiger partial charge in [-0.05, 0) is 66.9 Å². The van der Waals surface area contributed by atoms with Crippen molar-refractivity contribution in [3.05, 3.63) is 84.4 Å². The molecule has 0 radical (unpaired) electrons. The Labute approximate surface area is 179 Å². The summed E-state index contributed by atoms with van der Waals surface area (Å²) in [5, 5.41) is 22.2. The number of hydrogen-bond acceptors (Lipinski definition) is 3. The molecule has 0 bridgehead atoms. The molecular formula is C21H18N4O2S2. The lowest BCUT2D eigenvalue weighted by molar-refractivity contribution is 0.0697. The highest BCUT2D eigenvalue weighted by Gasteiger charge is 2.10. The summed E-state index contributed by atoms with van der Waals surface area (Å²) in [6, 6.07) is 23.6. The molecule has 0 atom stereocenters. The van der Waals surface area contributed by atoms with E-state index >= 15 is 0 Å². The lowest BCUT2D eigenvalue weighted by Crippen LogP contribution is -2.21. The van der Waals surface area contributed by atoms with Crippen LogP contribution in [0.25, 0.3) is 0 Å². The Hall–Kier alpha value is -3.49. The Morgan fingerprint density at radius 3 is 1.38 bits per heavy atom. The van der Waals surface area contributed by atoms with E-state index in [0.29, 0.717) is 21.6 Å². The minimum Gasteiger partial charge on any atom is -0.478 e. The monoisotopic (exact) mass is 422 g/mol. The van der Waals surface area contributed by atoms with Crippen LogP contribution in [0.2, 0.25) is 0 Å². The topological polar surface area (TPSA) is 85.4 Å². The second-order valence-corrected chi connectivity index (χ2v) is 6.81. The molecule has 146 valence electrons. The Morgan fingerprint density at radius 2 is 1.00 bits per heavy atom. The van der Waals surface area contributed by atoms with E-state index in [0.717, 1.165) is 11.4 Å². The predicted octanol–water partition coefficient (Wildman–Crippen LogP) is 5.00. The van der Waals surface area contributed by atoms with Crippen LogP contribution < -0.4 is 21.3 Å². The Morgan fingerprint density at radius 1 is 0.621 bits per heavy atom. The summed E-state index contributed by atoms with van der Waals surface area (Å²) in [5.74, 6) is -1.06. The van der Waals surface area contributed by atoms with Crippen molar-refractivity contribution < 1.29 is 9.90 Å². The molecule has 3 rings (SSSR count). The van der Waals surface area contributed by atoms with Crippen molar-refractivity contribution in [2.75, 3.05) is 21.3 Å². The first kappa shape index (κ1) is 20.2. The number of carboxylic acid groups (broad SMARTS) is 1. The van der Waals surface area contributed by atoms with Crippen LogP contribution in [0.1, 0.15) is 10.4 Å². The first-order chi connectivity index (χ1) is 14.0. The molecule has 8 heteroatoms. The molecule has 0 heterocycles. The summed E-state index contributed by atoms with van der Waals surface area (Å²) in [5.41, 5.74) is 2.78. The zero-order valence-corrected chi connectivity index (χ0v) is 16.8. The van der Waals surface area contributed by atoms with Gasteiger partial charge >= 0.3 is 5.97 Å². The average molecular weight is 423 g/mol. The van der Waals surface area contributed by atoms with Gasteiger partial charge in [0, 0.05) is 22.7 Å². The fourth-order valence-electron chi connectivity index (χ4n) is 2.53. The molecule has 5 N–H and O–H groups in total. The zero-order valence-electron chi connectivity index (χ0n) is 15.2. The molecule has 0 aliphatic heterocycles. The number of thiocarbonyl (C=S) groups is 2. The van der Waals surface area contributed by atoms with Crippen LogP contribution in [-0.2, 0) is 0 Å². The maximum atomic E-state index is 11.5. The van der Waals surface area contributed by atoms with Gasteiger partial charge in [-0.25, -0.2) is 4.79 Å². The molecule has 0 saturated carbocycles. The zero-order chi connectivity index (χ0) is 20.6. The number of anilines is 4. The number of para-hydroxylation sites is 2. The van der Waals surface area contributed by atoms with E-state index in [-0.39, 0.29) is 5.56 Å². The van der Waals surface area contributed by atoms with E-state index in [4.69, 9.17) is 24.4 Å². The second kappa shape index (κ2) is 9.63. The minimum absolute atomic E-state index is 0.0996. The number of carboxylic acids is 1. The van der Waals surface area contributed by atoms with Crippen LogP contribution in [0.3, 0.4) is 0 Å². The summed E-state index contributed by atoms with van der Waals surface area (Å²) < 4.78 is 0. The van der Waals surface area contributed by atoms with Gasteiger partial charge in [0.1, 0.15) is 0 Å². The van der Waals surface area contributed by atoms with Crippen molar-refractivity contribution in [2.24, 2.45) is 0 Å². The number of nitrogens with one attached hydrogen (secondary N) is 4. The molecule has 0 spiro atoms. The van der Waals surface area contributed by atoms with E-state index < -0.39 is 5.97 Å². The van der Waals surface area contributed by atoms with Crippen molar-refractivity contribution in [3.8, 4) is 0 Å². The van der Waals surface area contributed by atoms with Gasteiger partial charge in [-0.2, -0.15) is 0 Å². The standard InChI is InChI=1S/C21H18N4O2S2/c26-19(27)14-11-17(24-20(28)22-15-7-3-1-4-8-15)13-18(12-14)25-21(29)23-16-9-5-2-6-10-16/h1-13H,(H,26,27)(H2,22,24,28)(H2,23,25,29). The van der Waals surface area contributed by atoms with Gasteiger partial charge in [-0.3, -0.25) is 0 Å². The highest BCUT2D eigenvalue weighted by atomic mass is 32.1. The first-order valence-electron chi connectivity index (χ1n) is 8.64. The predicted molar refractivity (Wildman–Crippen MR) is 126 cm³/mol. The quantitative estimate of drug-likeness (QED) is 0.367. The van der Waals surface area contributed by atoms with Crippen LogP contribution in [0.4, 0.5) is 22.7 Å². The molecule has 0 aliphatic carbocycles. The van der Waals surface area contributed by atoms with Crippen LogP contribution in [0, 0.1) is 0 Å². The van der Waals surface area contributed by atoms with Gasteiger partial charge in [0.05, 0.1) is 5.56 Å². The Bertz CT molecular complexity index is 954.